The molecular weight excluding hydrogens is 316 g/mol. The standard InChI is InChI=1S/C10H14N6OS3/c1-4-18-10-15-13-8(20-10)12-7(17)6(2)19-9-14-11-5-16(9)3/h5-6H,4H2,1-3H3,(H,12,13,17)/t6-/m0/s1. The average Bonchev–Trinajstić information content (AvgIpc) is 3.00. The molecule has 20 heavy (non-hydrogen) atoms. The highest BCUT2D eigenvalue weighted by Gasteiger charge is 2.18. The molecule has 0 saturated heterocycles. The Bertz CT molecular complexity index is 583. The van der Waals surface area contributed by atoms with E-state index in [2.05, 4.69) is 25.7 Å². The zero-order chi connectivity index (χ0) is 14.5. The molecule has 0 bridgehead atoms. The molecule has 0 aliphatic rings. The summed E-state index contributed by atoms with van der Waals surface area (Å²) in [7, 11) is 1.84. The first-order valence-corrected chi connectivity index (χ1v) is 8.56. The molecule has 7 nitrogen and oxygen atoms in total. The van der Waals surface area contributed by atoms with Gasteiger partial charge in [0.15, 0.2) is 9.50 Å². The van der Waals surface area contributed by atoms with Crippen LogP contribution in [0.15, 0.2) is 15.8 Å². The third kappa shape index (κ3) is 3.93. The SMILES string of the molecule is CCSc1nnc(NC(=O)[C@H](C)Sc2nncn2C)s1. The van der Waals surface area contributed by atoms with Crippen LogP contribution in [0.5, 0.6) is 0 Å². The van der Waals surface area contributed by atoms with E-state index in [0.717, 1.165) is 10.1 Å². The van der Waals surface area contributed by atoms with Gasteiger partial charge in [-0.3, -0.25) is 10.1 Å². The minimum absolute atomic E-state index is 0.123. The van der Waals surface area contributed by atoms with E-state index in [1.165, 1.54) is 23.1 Å². The second-order valence-corrected chi connectivity index (χ2v) is 7.58. The predicted octanol–water partition coefficient (Wildman–Crippen LogP) is 1.90. The number of thioether (sulfide) groups is 2. The van der Waals surface area contributed by atoms with Crippen LogP contribution in [0, 0.1) is 0 Å². The number of amides is 1. The Morgan fingerprint density at radius 1 is 1.50 bits per heavy atom. The molecule has 0 unspecified atom stereocenters. The van der Waals surface area contributed by atoms with E-state index in [0.29, 0.717) is 10.3 Å². The summed E-state index contributed by atoms with van der Waals surface area (Å²) < 4.78 is 2.63. The molecule has 2 aromatic rings. The number of nitrogens with zero attached hydrogens (tertiary/aromatic N) is 5. The van der Waals surface area contributed by atoms with Gasteiger partial charge in [-0.1, -0.05) is 41.8 Å². The molecule has 1 N–H and O–H groups in total. The molecule has 0 spiro atoms. The van der Waals surface area contributed by atoms with Crippen LogP contribution in [0.3, 0.4) is 0 Å². The smallest absolute Gasteiger partial charge is 0.239 e. The number of hydrogen-bond acceptors (Lipinski definition) is 8. The molecule has 2 rings (SSSR count). The van der Waals surface area contributed by atoms with Crippen LogP contribution in [0.1, 0.15) is 13.8 Å². The van der Waals surface area contributed by atoms with Crippen molar-refractivity contribution in [2.45, 2.75) is 28.6 Å². The fraction of sp³-hybridized carbons (Fsp3) is 0.500. The van der Waals surface area contributed by atoms with Gasteiger partial charge in [-0.25, -0.2) is 0 Å². The zero-order valence-corrected chi connectivity index (χ0v) is 13.7. The van der Waals surface area contributed by atoms with Crippen LogP contribution in [0.25, 0.3) is 0 Å². The van der Waals surface area contributed by atoms with Gasteiger partial charge in [0.05, 0.1) is 5.25 Å². The summed E-state index contributed by atoms with van der Waals surface area (Å²) in [5.74, 6) is 0.809. The largest absolute Gasteiger partial charge is 0.312 e. The summed E-state index contributed by atoms with van der Waals surface area (Å²) in [6.45, 7) is 3.86. The minimum atomic E-state index is -0.288. The molecule has 0 aromatic carbocycles. The van der Waals surface area contributed by atoms with Crippen molar-refractivity contribution in [1.82, 2.24) is 25.0 Å². The molecule has 0 aliphatic carbocycles. The highest BCUT2D eigenvalue weighted by molar-refractivity contribution is 8.01. The maximum absolute atomic E-state index is 12.1. The lowest BCUT2D eigenvalue weighted by Crippen LogP contribution is -2.22. The van der Waals surface area contributed by atoms with Gasteiger partial charge in [0.1, 0.15) is 6.33 Å². The van der Waals surface area contributed by atoms with E-state index in [1.807, 2.05) is 20.9 Å². The summed E-state index contributed by atoms with van der Waals surface area (Å²) in [6.07, 6.45) is 1.60. The first kappa shape index (κ1) is 15.3. The van der Waals surface area contributed by atoms with Crippen LogP contribution < -0.4 is 5.32 Å². The van der Waals surface area contributed by atoms with Crippen molar-refractivity contribution in [3.05, 3.63) is 6.33 Å². The molecular formula is C10H14N6OS3. The number of aryl methyl sites for hydroxylation is 1. The van der Waals surface area contributed by atoms with Crippen molar-refractivity contribution < 1.29 is 4.79 Å². The summed E-state index contributed by atoms with van der Waals surface area (Å²) in [4.78, 5) is 12.1. The summed E-state index contributed by atoms with van der Waals surface area (Å²) in [5, 5.41) is 19.4. The van der Waals surface area contributed by atoms with Gasteiger partial charge >= 0.3 is 0 Å². The fourth-order valence-electron chi connectivity index (χ4n) is 1.24. The monoisotopic (exact) mass is 330 g/mol. The number of hydrogen-bond donors (Lipinski definition) is 1. The van der Waals surface area contributed by atoms with Gasteiger partial charge in [0, 0.05) is 7.05 Å². The van der Waals surface area contributed by atoms with Crippen LogP contribution in [-0.4, -0.2) is 41.9 Å². The van der Waals surface area contributed by atoms with E-state index >= 15 is 0 Å². The van der Waals surface area contributed by atoms with E-state index in [9.17, 15) is 4.79 Å². The number of anilines is 1. The second kappa shape index (κ2) is 7.04. The van der Waals surface area contributed by atoms with Gasteiger partial charge in [-0.05, 0) is 12.7 Å². The zero-order valence-electron chi connectivity index (χ0n) is 11.2. The number of aromatic nitrogens is 5. The van der Waals surface area contributed by atoms with Gasteiger partial charge in [-0.15, -0.1) is 20.4 Å². The fourth-order valence-corrected chi connectivity index (χ4v) is 3.68. The molecule has 0 fully saturated rings. The Hall–Kier alpha value is -1.13. The van der Waals surface area contributed by atoms with E-state index in [4.69, 9.17) is 0 Å². The maximum atomic E-state index is 12.1. The first-order chi connectivity index (χ1) is 9.60. The molecule has 2 heterocycles. The molecule has 2 aromatic heterocycles. The van der Waals surface area contributed by atoms with Gasteiger partial charge in [-0.2, -0.15) is 0 Å². The Labute approximate surface area is 129 Å². The molecule has 10 heteroatoms. The van der Waals surface area contributed by atoms with Crippen molar-refractivity contribution in [2.75, 3.05) is 11.1 Å². The highest BCUT2D eigenvalue weighted by Crippen LogP contribution is 2.26. The molecule has 0 radical (unpaired) electrons. The number of carbonyl (C=O) groups is 1. The lowest BCUT2D eigenvalue weighted by Gasteiger charge is -2.08. The average molecular weight is 330 g/mol. The summed E-state index contributed by atoms with van der Waals surface area (Å²) in [6, 6.07) is 0. The van der Waals surface area contributed by atoms with Crippen molar-refractivity contribution >= 4 is 45.9 Å². The summed E-state index contributed by atoms with van der Waals surface area (Å²) >= 11 is 4.33. The van der Waals surface area contributed by atoms with E-state index in [1.54, 1.807) is 22.7 Å². The summed E-state index contributed by atoms with van der Waals surface area (Å²) in [5.41, 5.74) is 0. The topological polar surface area (TPSA) is 85.6 Å². The van der Waals surface area contributed by atoms with Crippen molar-refractivity contribution in [1.29, 1.82) is 0 Å². The van der Waals surface area contributed by atoms with Crippen molar-refractivity contribution in [3.8, 4) is 0 Å². The number of rotatable bonds is 6. The normalized spacial score (nSPS) is 12.3. The molecule has 108 valence electrons. The van der Waals surface area contributed by atoms with E-state index in [-0.39, 0.29) is 11.2 Å². The third-order valence-corrected chi connectivity index (χ3v) is 5.23. The minimum Gasteiger partial charge on any atom is -0.312 e. The van der Waals surface area contributed by atoms with E-state index < -0.39 is 0 Å². The van der Waals surface area contributed by atoms with Crippen molar-refractivity contribution in [3.63, 3.8) is 0 Å². The highest BCUT2D eigenvalue weighted by atomic mass is 32.2. The second-order valence-electron chi connectivity index (χ2n) is 3.78. The van der Waals surface area contributed by atoms with Crippen LogP contribution in [-0.2, 0) is 11.8 Å². The predicted molar refractivity (Wildman–Crippen MR) is 81.3 cm³/mol. The molecule has 1 amide bonds. The molecule has 0 saturated carbocycles. The van der Waals surface area contributed by atoms with Crippen molar-refractivity contribution in [2.24, 2.45) is 7.05 Å². The lowest BCUT2D eigenvalue weighted by molar-refractivity contribution is -0.115. The van der Waals surface area contributed by atoms with Gasteiger partial charge in [0.2, 0.25) is 11.0 Å². The van der Waals surface area contributed by atoms with Crippen LogP contribution in [0.2, 0.25) is 0 Å². The third-order valence-electron chi connectivity index (χ3n) is 2.23. The maximum Gasteiger partial charge on any atom is 0.239 e. The first-order valence-electron chi connectivity index (χ1n) is 5.88. The Morgan fingerprint density at radius 2 is 2.30 bits per heavy atom. The Balaban J connectivity index is 1.91. The number of carbonyl (C=O) groups excluding carboxylic acids is 1. The van der Waals surface area contributed by atoms with Crippen LogP contribution in [0.4, 0.5) is 5.13 Å². The number of nitrogens with one attached hydrogen (secondary N) is 1. The van der Waals surface area contributed by atoms with Crippen LogP contribution >= 0.6 is 34.9 Å². The van der Waals surface area contributed by atoms with Gasteiger partial charge < -0.3 is 4.57 Å². The Kier molecular flexibility index (Phi) is 5.38. The van der Waals surface area contributed by atoms with Gasteiger partial charge in [0.25, 0.3) is 0 Å². The molecule has 1 atom stereocenters. The lowest BCUT2D eigenvalue weighted by atomic mass is 10.4. The Morgan fingerprint density at radius 3 is 2.95 bits per heavy atom. The quantitative estimate of drug-likeness (QED) is 0.639. The molecule has 0 aliphatic heterocycles.